The first-order valence-electron chi connectivity index (χ1n) is 5.55. The molecule has 2 rings (SSSR count). The van der Waals surface area contributed by atoms with Gasteiger partial charge in [-0.15, -0.1) is 0 Å². The number of aromatic nitrogens is 2. The lowest BCUT2D eigenvalue weighted by Gasteiger charge is -2.15. The van der Waals surface area contributed by atoms with E-state index in [0.29, 0.717) is 11.2 Å². The minimum Gasteiger partial charge on any atom is -0.505 e. The molecule has 90 valence electrons. The van der Waals surface area contributed by atoms with Gasteiger partial charge in [-0.25, -0.2) is 4.79 Å². The third-order valence-electron chi connectivity index (χ3n) is 3.60. The molecule has 2 aromatic rings. The number of hydrogen-bond donors (Lipinski definition) is 1. The van der Waals surface area contributed by atoms with Crippen molar-refractivity contribution in [2.24, 2.45) is 0 Å². The van der Waals surface area contributed by atoms with Gasteiger partial charge in [0.15, 0.2) is 0 Å². The van der Waals surface area contributed by atoms with Crippen LogP contribution in [0.5, 0.6) is 5.75 Å². The first-order valence-corrected chi connectivity index (χ1v) is 5.55. The van der Waals surface area contributed by atoms with Crippen LogP contribution in [0.1, 0.15) is 28.1 Å². The first-order chi connectivity index (χ1) is 7.86. The molecule has 0 aliphatic rings. The van der Waals surface area contributed by atoms with Crippen molar-refractivity contribution in [2.45, 2.75) is 34.6 Å². The third kappa shape index (κ3) is 1.44. The molecule has 0 aliphatic heterocycles. The van der Waals surface area contributed by atoms with Gasteiger partial charge in [-0.3, -0.25) is 4.40 Å². The molecule has 2 aromatic heterocycles. The molecule has 0 radical (unpaired) electrons. The lowest BCUT2D eigenvalue weighted by Crippen LogP contribution is -2.22. The van der Waals surface area contributed by atoms with Crippen LogP contribution in [0.4, 0.5) is 0 Å². The highest BCUT2D eigenvalue weighted by Crippen LogP contribution is 2.29. The summed E-state index contributed by atoms with van der Waals surface area (Å²) in [7, 11) is 0. The van der Waals surface area contributed by atoms with Gasteiger partial charge < -0.3 is 5.11 Å². The molecule has 4 nitrogen and oxygen atoms in total. The van der Waals surface area contributed by atoms with Crippen molar-refractivity contribution in [3.8, 4) is 5.75 Å². The predicted octanol–water partition coefficient (Wildman–Crippen LogP) is 1.94. The Labute approximate surface area is 99.6 Å². The van der Waals surface area contributed by atoms with Gasteiger partial charge in [0.1, 0.15) is 5.75 Å². The second-order valence-electron chi connectivity index (χ2n) is 4.47. The topological polar surface area (TPSA) is 54.6 Å². The van der Waals surface area contributed by atoms with E-state index >= 15 is 0 Å². The molecule has 0 spiro atoms. The Balaban J connectivity index is 3.23. The zero-order valence-electron chi connectivity index (χ0n) is 10.7. The maximum Gasteiger partial charge on any atom is 0.352 e. The van der Waals surface area contributed by atoms with Crippen LogP contribution in [0.15, 0.2) is 4.79 Å². The maximum absolute atomic E-state index is 11.9. The van der Waals surface area contributed by atoms with Gasteiger partial charge >= 0.3 is 5.69 Å². The Bertz CT molecular complexity index is 684. The van der Waals surface area contributed by atoms with E-state index in [4.69, 9.17) is 0 Å². The van der Waals surface area contributed by atoms with E-state index in [-0.39, 0.29) is 11.4 Å². The number of nitrogens with zero attached hydrogens (tertiary/aromatic N) is 2. The summed E-state index contributed by atoms with van der Waals surface area (Å²) < 4.78 is 1.49. The van der Waals surface area contributed by atoms with Crippen LogP contribution in [0.25, 0.3) is 5.52 Å². The molecule has 0 atom stereocenters. The molecular formula is C13H16N2O2. The van der Waals surface area contributed by atoms with Crippen molar-refractivity contribution >= 4 is 5.52 Å². The zero-order chi connectivity index (χ0) is 12.9. The lowest BCUT2D eigenvalue weighted by atomic mass is 10.0. The first kappa shape index (κ1) is 11.6. The Hall–Kier alpha value is -1.84. The summed E-state index contributed by atoms with van der Waals surface area (Å²) in [5.74, 6) is 0.174. The summed E-state index contributed by atoms with van der Waals surface area (Å²) in [6, 6.07) is 0. The highest BCUT2D eigenvalue weighted by molar-refractivity contribution is 5.69. The van der Waals surface area contributed by atoms with E-state index in [9.17, 15) is 9.90 Å². The maximum atomic E-state index is 11.9. The van der Waals surface area contributed by atoms with Gasteiger partial charge in [-0.05, 0) is 51.3 Å². The summed E-state index contributed by atoms with van der Waals surface area (Å²) >= 11 is 0. The Morgan fingerprint density at radius 3 is 2.18 bits per heavy atom. The third-order valence-corrected chi connectivity index (χ3v) is 3.60. The number of pyridine rings is 1. The Morgan fingerprint density at radius 2 is 1.59 bits per heavy atom. The van der Waals surface area contributed by atoms with Crippen molar-refractivity contribution in [3.63, 3.8) is 0 Å². The van der Waals surface area contributed by atoms with E-state index in [0.717, 1.165) is 22.4 Å². The normalized spacial score (nSPS) is 11.1. The summed E-state index contributed by atoms with van der Waals surface area (Å²) in [4.78, 5) is 15.9. The summed E-state index contributed by atoms with van der Waals surface area (Å²) in [5, 5.41) is 10.2. The summed E-state index contributed by atoms with van der Waals surface area (Å²) in [5.41, 5.74) is 4.30. The second-order valence-corrected chi connectivity index (χ2v) is 4.47. The van der Waals surface area contributed by atoms with Crippen LogP contribution in [0, 0.1) is 34.6 Å². The molecule has 4 heteroatoms. The SMILES string of the molecule is Cc1nc(=O)n2c(C)c(C)c(C)c(O)c2c1C. The highest BCUT2D eigenvalue weighted by Gasteiger charge is 2.16. The molecule has 0 bridgehead atoms. The Kier molecular flexibility index (Phi) is 2.45. The molecule has 0 saturated heterocycles. The van der Waals surface area contributed by atoms with E-state index < -0.39 is 0 Å². The highest BCUT2D eigenvalue weighted by atomic mass is 16.3. The number of hydrogen-bond acceptors (Lipinski definition) is 3. The number of fused-ring (bicyclic) bond motifs is 1. The lowest BCUT2D eigenvalue weighted by molar-refractivity contribution is 0.472. The number of aryl methyl sites for hydroxylation is 3. The van der Waals surface area contributed by atoms with E-state index in [2.05, 4.69) is 4.98 Å². The van der Waals surface area contributed by atoms with Gasteiger partial charge in [-0.1, -0.05) is 0 Å². The van der Waals surface area contributed by atoms with Crippen molar-refractivity contribution in [1.29, 1.82) is 0 Å². The average molecular weight is 232 g/mol. The molecule has 0 aromatic carbocycles. The quantitative estimate of drug-likeness (QED) is 0.755. The number of aromatic hydroxyl groups is 1. The Morgan fingerprint density at radius 1 is 1.00 bits per heavy atom. The minimum absolute atomic E-state index is 0.174. The van der Waals surface area contributed by atoms with Crippen molar-refractivity contribution in [3.05, 3.63) is 38.6 Å². The summed E-state index contributed by atoms with van der Waals surface area (Å²) in [6.07, 6.45) is 0. The smallest absolute Gasteiger partial charge is 0.352 e. The second kappa shape index (κ2) is 3.58. The van der Waals surface area contributed by atoms with Crippen LogP contribution in [0.2, 0.25) is 0 Å². The number of rotatable bonds is 0. The van der Waals surface area contributed by atoms with Crippen molar-refractivity contribution in [2.75, 3.05) is 0 Å². The fraction of sp³-hybridized carbons (Fsp3) is 0.385. The van der Waals surface area contributed by atoms with Gasteiger partial charge in [-0.2, -0.15) is 4.98 Å². The molecule has 2 heterocycles. The molecule has 0 saturated carbocycles. The average Bonchev–Trinajstić information content (AvgIpc) is 2.28. The van der Waals surface area contributed by atoms with Gasteiger partial charge in [0.05, 0.1) is 5.52 Å². The van der Waals surface area contributed by atoms with Gasteiger partial charge in [0.25, 0.3) is 0 Å². The molecule has 0 aliphatic carbocycles. The van der Waals surface area contributed by atoms with Crippen LogP contribution < -0.4 is 5.69 Å². The van der Waals surface area contributed by atoms with Crippen molar-refractivity contribution in [1.82, 2.24) is 9.38 Å². The fourth-order valence-corrected chi connectivity index (χ4v) is 2.10. The zero-order valence-corrected chi connectivity index (χ0v) is 10.7. The summed E-state index contributed by atoms with van der Waals surface area (Å²) in [6.45, 7) is 9.27. The molecule has 0 fully saturated rings. The van der Waals surface area contributed by atoms with Gasteiger partial charge in [0.2, 0.25) is 0 Å². The minimum atomic E-state index is -0.334. The van der Waals surface area contributed by atoms with E-state index in [1.54, 1.807) is 6.92 Å². The monoisotopic (exact) mass is 232 g/mol. The fourth-order valence-electron chi connectivity index (χ4n) is 2.10. The molecular weight excluding hydrogens is 216 g/mol. The standard InChI is InChI=1S/C13H16N2O2/c1-6-7(2)12(16)11-8(3)9(4)14-13(17)15(11)10(6)5/h16H,1-5H3. The van der Waals surface area contributed by atoms with Crippen LogP contribution in [0.3, 0.4) is 0 Å². The molecule has 0 unspecified atom stereocenters. The van der Waals surface area contributed by atoms with Crippen LogP contribution in [-0.2, 0) is 0 Å². The predicted molar refractivity (Wildman–Crippen MR) is 66.8 cm³/mol. The van der Waals surface area contributed by atoms with Crippen molar-refractivity contribution < 1.29 is 5.11 Å². The van der Waals surface area contributed by atoms with Crippen LogP contribution in [-0.4, -0.2) is 14.5 Å². The molecule has 1 N–H and O–H groups in total. The molecule has 17 heavy (non-hydrogen) atoms. The molecule has 0 amide bonds. The van der Waals surface area contributed by atoms with Gasteiger partial charge in [0, 0.05) is 11.4 Å². The van der Waals surface area contributed by atoms with E-state index in [1.165, 1.54) is 4.40 Å². The largest absolute Gasteiger partial charge is 0.505 e. The van der Waals surface area contributed by atoms with Crippen LogP contribution >= 0.6 is 0 Å². The van der Waals surface area contributed by atoms with E-state index in [1.807, 2.05) is 27.7 Å².